The molecule has 0 aliphatic heterocycles. The molecule has 3 aromatic carbocycles. The first-order valence-electron chi connectivity index (χ1n) is 10.6. The van der Waals surface area contributed by atoms with Crippen molar-refractivity contribution < 1.29 is 18.3 Å². The average molecular weight is 509 g/mol. The van der Waals surface area contributed by atoms with Crippen molar-refractivity contribution in [2.75, 3.05) is 10.6 Å². The van der Waals surface area contributed by atoms with Gasteiger partial charge in [0.2, 0.25) is 0 Å². The molecule has 0 saturated carbocycles. The van der Waals surface area contributed by atoms with E-state index < -0.39 is 21.0 Å². The molecule has 35 heavy (non-hydrogen) atoms. The van der Waals surface area contributed by atoms with Crippen LogP contribution in [-0.4, -0.2) is 24.7 Å². The second-order valence-corrected chi connectivity index (χ2v) is 10.4. The monoisotopic (exact) mass is 508 g/mol. The number of phenols is 1. The fourth-order valence-corrected chi connectivity index (χ4v) is 5.47. The molecule has 0 aliphatic rings. The van der Waals surface area contributed by atoms with Gasteiger partial charge in [-0.1, -0.05) is 30.7 Å². The molecule has 1 unspecified atom stereocenters. The van der Waals surface area contributed by atoms with E-state index in [9.17, 15) is 18.3 Å². The highest BCUT2D eigenvalue weighted by molar-refractivity contribution is 7.92. The van der Waals surface area contributed by atoms with Crippen molar-refractivity contribution in [1.82, 2.24) is 0 Å². The molecule has 1 atom stereocenters. The van der Waals surface area contributed by atoms with Crippen LogP contribution in [0.2, 0.25) is 5.02 Å². The van der Waals surface area contributed by atoms with Crippen LogP contribution in [0.5, 0.6) is 5.75 Å². The summed E-state index contributed by atoms with van der Waals surface area (Å²) in [6.45, 7) is 9.67. The van der Waals surface area contributed by atoms with Crippen LogP contribution >= 0.6 is 11.6 Å². The number of nitrogens with one attached hydrogen (secondary N) is 2. The van der Waals surface area contributed by atoms with Crippen molar-refractivity contribution in [2.24, 2.45) is 0 Å². The molecule has 3 aromatic rings. The predicted octanol–water partition coefficient (Wildman–Crippen LogP) is 5.46. The molecule has 3 N–H and O–H groups in total. The largest absolute Gasteiger partial charge is 0.506 e. The van der Waals surface area contributed by atoms with E-state index >= 15 is 0 Å². The molecule has 0 aliphatic carbocycles. The Hall–Kier alpha value is -3.80. The minimum atomic E-state index is -3.74. The van der Waals surface area contributed by atoms with Crippen LogP contribution in [0.3, 0.4) is 0 Å². The van der Waals surface area contributed by atoms with E-state index in [0.717, 1.165) is 5.56 Å². The summed E-state index contributed by atoms with van der Waals surface area (Å²) in [4.78, 5) is 12.7. The van der Waals surface area contributed by atoms with Crippen LogP contribution in [0.4, 0.5) is 11.4 Å². The molecule has 180 valence electrons. The summed E-state index contributed by atoms with van der Waals surface area (Å²) in [5.74, 6) is -0.792. The topological polar surface area (TPSA) is 119 Å². The summed E-state index contributed by atoms with van der Waals surface area (Å²) in [6, 6.07) is 17.1. The summed E-state index contributed by atoms with van der Waals surface area (Å²) in [5, 5.41) is 23.9. The lowest BCUT2D eigenvalue weighted by atomic mass is 10.1. The minimum Gasteiger partial charge on any atom is -0.506 e. The number of carbonyl (C=O) groups excluding carboxylic acids is 1. The average Bonchev–Trinajstić information content (AvgIpc) is 2.81. The van der Waals surface area contributed by atoms with Gasteiger partial charge in [-0.25, -0.2) is 8.42 Å². The number of sulfone groups is 1. The normalized spacial score (nSPS) is 11.8. The molecule has 3 rings (SSSR count). The number of aromatic hydroxyl groups is 1. The van der Waals surface area contributed by atoms with Crippen LogP contribution in [-0.2, 0) is 9.84 Å². The van der Waals surface area contributed by atoms with Gasteiger partial charge in [-0.05, 0) is 61.4 Å². The van der Waals surface area contributed by atoms with Crippen molar-refractivity contribution in [3.8, 4) is 11.8 Å². The standard InChI is InChI=1S/C26H23ClN3O4S/c1-4-25(35(33,34)21-7-5-6-16(2)12-21)17(3)29-20-10-11-23(24(31)14-20)30-26(32)18-8-9-19(15-28)22(27)13-18/h3,5-14,25,29,31H,4H2,1-2H3,(H,30,32)/q-1. The van der Waals surface area contributed by atoms with Crippen molar-refractivity contribution in [3.63, 3.8) is 0 Å². The zero-order valence-electron chi connectivity index (χ0n) is 19.0. The highest BCUT2D eigenvalue weighted by Gasteiger charge is 2.25. The maximum Gasteiger partial charge on any atom is 0.255 e. The number of aryl methyl sites for hydroxylation is 1. The van der Waals surface area contributed by atoms with Crippen molar-refractivity contribution >= 4 is 38.7 Å². The molecule has 0 bridgehead atoms. The maximum atomic E-state index is 13.1. The zero-order chi connectivity index (χ0) is 25.8. The Balaban J connectivity index is 1.75. The molecule has 0 heterocycles. The molecule has 7 nitrogen and oxygen atoms in total. The van der Waals surface area contributed by atoms with E-state index in [4.69, 9.17) is 23.4 Å². The second kappa shape index (κ2) is 10.6. The Labute approximate surface area is 209 Å². The number of carbonyl (C=O) groups is 1. The zero-order valence-corrected chi connectivity index (χ0v) is 20.6. The molecular weight excluding hydrogens is 486 g/mol. The Morgan fingerprint density at radius 2 is 1.89 bits per heavy atom. The van der Waals surface area contributed by atoms with Gasteiger partial charge in [0, 0.05) is 17.3 Å². The quantitative estimate of drug-likeness (QED) is 0.274. The molecule has 9 heteroatoms. The van der Waals surface area contributed by atoms with E-state index in [2.05, 4.69) is 10.6 Å². The maximum absolute atomic E-state index is 13.1. The Morgan fingerprint density at radius 1 is 1.14 bits per heavy atom. The number of nitrogens with zero attached hydrogens (tertiary/aromatic N) is 1. The van der Waals surface area contributed by atoms with Gasteiger partial charge in [-0.15, -0.1) is 0 Å². The minimum absolute atomic E-state index is 0.0115. The van der Waals surface area contributed by atoms with Gasteiger partial charge in [0.05, 0.1) is 26.4 Å². The van der Waals surface area contributed by atoms with Gasteiger partial charge < -0.3 is 22.3 Å². The molecule has 0 spiro atoms. The van der Waals surface area contributed by atoms with E-state index in [1.165, 1.54) is 36.4 Å². The third-order valence-electron chi connectivity index (χ3n) is 5.30. The van der Waals surface area contributed by atoms with Gasteiger partial charge in [0.15, 0.2) is 9.84 Å². The lowest BCUT2D eigenvalue weighted by molar-refractivity contribution is 0.102. The summed E-state index contributed by atoms with van der Waals surface area (Å²) in [7, 11) is -3.74. The number of hydrogen-bond donors (Lipinski definition) is 3. The SMILES string of the molecule is [CH-]=C(Nc1ccc(NC(=O)c2ccc(C#N)c(Cl)c2)c(O)c1)C(CC)S(=O)(=O)c1cccc(C)c1. The van der Waals surface area contributed by atoms with Crippen molar-refractivity contribution in [3.05, 3.63) is 94.7 Å². The van der Waals surface area contributed by atoms with E-state index in [1.54, 1.807) is 25.1 Å². The van der Waals surface area contributed by atoms with Gasteiger partial charge >= 0.3 is 0 Å². The van der Waals surface area contributed by atoms with Crippen LogP contribution < -0.4 is 10.6 Å². The van der Waals surface area contributed by atoms with Gasteiger partial charge in [0.25, 0.3) is 5.91 Å². The van der Waals surface area contributed by atoms with Gasteiger partial charge in [-0.2, -0.15) is 11.0 Å². The molecule has 0 saturated heterocycles. The molecule has 0 aromatic heterocycles. The molecule has 0 radical (unpaired) electrons. The number of amides is 1. The number of nitriles is 1. The second-order valence-electron chi connectivity index (χ2n) is 7.83. The fraction of sp³-hybridized carbons (Fsp3) is 0.154. The summed E-state index contributed by atoms with van der Waals surface area (Å²) in [6.07, 6.45) is 0.238. The van der Waals surface area contributed by atoms with Gasteiger partial charge in [-0.3, -0.25) is 4.79 Å². The number of rotatable bonds is 8. The highest BCUT2D eigenvalue weighted by Crippen LogP contribution is 2.30. The number of anilines is 2. The van der Waals surface area contributed by atoms with Crippen LogP contribution in [0.25, 0.3) is 0 Å². The van der Waals surface area contributed by atoms with E-state index in [-0.39, 0.29) is 44.6 Å². The van der Waals surface area contributed by atoms with Crippen LogP contribution in [0, 0.1) is 24.8 Å². The number of halogens is 1. The lowest BCUT2D eigenvalue weighted by Crippen LogP contribution is -2.26. The fourth-order valence-electron chi connectivity index (χ4n) is 3.47. The Bertz CT molecular complexity index is 1450. The highest BCUT2D eigenvalue weighted by atomic mass is 35.5. The summed E-state index contributed by atoms with van der Waals surface area (Å²) < 4.78 is 26.2. The Morgan fingerprint density at radius 3 is 2.49 bits per heavy atom. The number of benzene rings is 3. The predicted molar refractivity (Wildman–Crippen MR) is 136 cm³/mol. The van der Waals surface area contributed by atoms with E-state index in [1.807, 2.05) is 19.1 Å². The third-order valence-corrected chi connectivity index (χ3v) is 7.86. The number of hydrogen-bond acceptors (Lipinski definition) is 6. The van der Waals surface area contributed by atoms with E-state index in [0.29, 0.717) is 5.69 Å². The molecule has 0 fully saturated rings. The van der Waals surface area contributed by atoms with Gasteiger partial charge in [0.1, 0.15) is 11.8 Å². The summed E-state index contributed by atoms with van der Waals surface area (Å²) >= 11 is 5.98. The first-order chi connectivity index (χ1) is 16.6. The first kappa shape index (κ1) is 25.8. The number of phenolic OH excluding ortho intramolecular Hbond substituents is 1. The van der Waals surface area contributed by atoms with Crippen molar-refractivity contribution in [1.29, 1.82) is 5.26 Å². The first-order valence-corrected chi connectivity index (χ1v) is 12.5. The van der Waals surface area contributed by atoms with Crippen LogP contribution in [0.1, 0.15) is 34.8 Å². The smallest absolute Gasteiger partial charge is 0.255 e. The lowest BCUT2D eigenvalue weighted by Gasteiger charge is -2.26. The van der Waals surface area contributed by atoms with Crippen LogP contribution in [0.15, 0.2) is 71.3 Å². The molecular formula is C26H23ClN3O4S-. The van der Waals surface area contributed by atoms with Crippen molar-refractivity contribution in [2.45, 2.75) is 30.4 Å². The Kier molecular flexibility index (Phi) is 7.85. The molecule has 1 amide bonds. The third kappa shape index (κ3) is 5.83. The summed E-state index contributed by atoms with van der Waals surface area (Å²) in [5.41, 5.74) is 1.75.